The number of primary amides is 1. The summed E-state index contributed by atoms with van der Waals surface area (Å²) in [6, 6.07) is -0.430. The first-order valence-corrected chi connectivity index (χ1v) is 9.46. The summed E-state index contributed by atoms with van der Waals surface area (Å²) in [5.41, 5.74) is 6.28. The molecule has 0 aliphatic rings. The van der Waals surface area contributed by atoms with Crippen molar-refractivity contribution in [1.29, 1.82) is 0 Å². The average molecular weight is 311 g/mol. The number of carbonyl (C=O) groups excluding carboxylic acids is 1. The molecule has 0 fully saturated rings. The summed E-state index contributed by atoms with van der Waals surface area (Å²) in [7, 11) is 0. The van der Waals surface area contributed by atoms with Crippen LogP contribution in [-0.4, -0.2) is 6.03 Å². The number of hydrogen-bond acceptors (Lipinski definition) is 1. The molecule has 0 saturated carbocycles. The van der Waals surface area contributed by atoms with Crippen LogP contribution in [0.15, 0.2) is 11.8 Å². The van der Waals surface area contributed by atoms with Gasteiger partial charge >= 0.3 is 6.03 Å². The molecule has 0 saturated heterocycles. The van der Waals surface area contributed by atoms with Crippen molar-refractivity contribution >= 4 is 6.03 Å². The van der Waals surface area contributed by atoms with Crippen LogP contribution in [-0.2, 0) is 0 Å². The third kappa shape index (κ3) is 15.4. The zero-order chi connectivity index (χ0) is 16.5. The van der Waals surface area contributed by atoms with E-state index in [1.54, 1.807) is 0 Å². The largest absolute Gasteiger partial charge is 0.351 e. The van der Waals surface area contributed by atoms with Gasteiger partial charge in [0.05, 0.1) is 0 Å². The van der Waals surface area contributed by atoms with Crippen molar-refractivity contribution in [3.8, 4) is 0 Å². The minimum Gasteiger partial charge on any atom is -0.351 e. The second-order valence-electron chi connectivity index (χ2n) is 6.29. The van der Waals surface area contributed by atoms with Crippen molar-refractivity contribution in [2.45, 2.75) is 104 Å². The Morgan fingerprint density at radius 3 is 1.86 bits per heavy atom. The summed E-state index contributed by atoms with van der Waals surface area (Å²) < 4.78 is 0. The highest BCUT2D eigenvalue weighted by Crippen LogP contribution is 2.13. The van der Waals surface area contributed by atoms with Crippen molar-refractivity contribution in [3.63, 3.8) is 0 Å². The molecule has 0 aromatic carbocycles. The minimum absolute atomic E-state index is 0.430. The zero-order valence-electron chi connectivity index (χ0n) is 15.0. The Hall–Kier alpha value is -0.990. The van der Waals surface area contributed by atoms with Crippen LogP contribution in [0.4, 0.5) is 4.79 Å². The Labute approximate surface area is 138 Å². The first-order chi connectivity index (χ1) is 10.7. The molecule has 3 nitrogen and oxygen atoms in total. The van der Waals surface area contributed by atoms with Crippen LogP contribution < -0.4 is 11.1 Å². The maximum atomic E-state index is 11.1. The third-order valence-corrected chi connectivity index (χ3v) is 4.03. The number of urea groups is 1. The van der Waals surface area contributed by atoms with Gasteiger partial charge in [-0.05, 0) is 25.7 Å². The van der Waals surface area contributed by atoms with Crippen molar-refractivity contribution < 1.29 is 4.79 Å². The molecule has 0 rings (SSSR count). The van der Waals surface area contributed by atoms with Crippen LogP contribution in [0.1, 0.15) is 104 Å². The summed E-state index contributed by atoms with van der Waals surface area (Å²) in [5, 5.41) is 2.79. The highest BCUT2D eigenvalue weighted by Gasteiger charge is 2.01. The summed E-state index contributed by atoms with van der Waals surface area (Å²) in [6.07, 6.45) is 19.6. The molecule has 2 amide bonds. The molecule has 3 N–H and O–H groups in total. The lowest BCUT2D eigenvalue weighted by Crippen LogP contribution is -2.28. The number of nitrogens with one attached hydrogen (secondary N) is 1. The number of rotatable bonds is 15. The fourth-order valence-electron chi connectivity index (χ4n) is 2.67. The van der Waals surface area contributed by atoms with Crippen molar-refractivity contribution in [3.05, 3.63) is 11.8 Å². The molecule has 0 unspecified atom stereocenters. The predicted octanol–water partition coefficient (Wildman–Crippen LogP) is 6.04. The minimum atomic E-state index is -0.430. The van der Waals surface area contributed by atoms with Crippen molar-refractivity contribution in [2.75, 3.05) is 0 Å². The van der Waals surface area contributed by atoms with Gasteiger partial charge in [0, 0.05) is 5.70 Å². The molecule has 22 heavy (non-hydrogen) atoms. The number of allylic oxidation sites excluding steroid dienone is 2. The van der Waals surface area contributed by atoms with E-state index in [1.807, 2.05) is 0 Å². The Morgan fingerprint density at radius 2 is 1.32 bits per heavy atom. The van der Waals surface area contributed by atoms with Gasteiger partial charge in [-0.3, -0.25) is 0 Å². The summed E-state index contributed by atoms with van der Waals surface area (Å²) >= 11 is 0. The molecule has 0 aliphatic heterocycles. The van der Waals surface area contributed by atoms with E-state index in [2.05, 4.69) is 25.2 Å². The SMILES string of the molecule is CCCCCCCC/C=C(\CCCCCCCC)NC(N)=O. The molecule has 0 aromatic rings. The molecule has 0 spiro atoms. The van der Waals surface area contributed by atoms with Gasteiger partial charge < -0.3 is 11.1 Å². The number of unbranched alkanes of at least 4 members (excludes halogenated alkanes) is 11. The second kappa shape index (κ2) is 16.4. The van der Waals surface area contributed by atoms with E-state index in [-0.39, 0.29) is 0 Å². The summed E-state index contributed by atoms with van der Waals surface area (Å²) in [5.74, 6) is 0. The molecule has 3 heteroatoms. The van der Waals surface area contributed by atoms with Crippen LogP contribution in [0.2, 0.25) is 0 Å². The number of amides is 2. The van der Waals surface area contributed by atoms with Gasteiger partial charge in [0.1, 0.15) is 0 Å². The van der Waals surface area contributed by atoms with Gasteiger partial charge in [0.15, 0.2) is 0 Å². The standard InChI is InChI=1S/C19H38N2O/c1-3-5-7-9-11-13-15-17-18(21-19(20)22)16-14-12-10-8-6-4-2/h17H,3-16H2,1-2H3,(H3,20,21,22)/b18-17+. The molecule has 0 radical (unpaired) electrons. The van der Waals surface area contributed by atoms with Gasteiger partial charge in [0.2, 0.25) is 0 Å². The quantitative estimate of drug-likeness (QED) is 0.356. The van der Waals surface area contributed by atoms with E-state index in [0.717, 1.165) is 25.0 Å². The molecule has 0 aliphatic carbocycles. The number of nitrogens with two attached hydrogens (primary N) is 1. The van der Waals surface area contributed by atoms with E-state index < -0.39 is 6.03 Å². The van der Waals surface area contributed by atoms with E-state index >= 15 is 0 Å². The molecule has 0 aromatic heterocycles. The van der Waals surface area contributed by atoms with Crippen LogP contribution in [0, 0.1) is 0 Å². The zero-order valence-corrected chi connectivity index (χ0v) is 15.0. The van der Waals surface area contributed by atoms with Crippen molar-refractivity contribution in [2.24, 2.45) is 5.73 Å². The first kappa shape index (κ1) is 21.0. The molecular weight excluding hydrogens is 272 g/mol. The smallest absolute Gasteiger partial charge is 0.316 e. The lowest BCUT2D eigenvalue weighted by Gasteiger charge is -2.08. The van der Waals surface area contributed by atoms with E-state index in [1.165, 1.54) is 70.6 Å². The molecular formula is C19H38N2O. The molecule has 130 valence electrons. The first-order valence-electron chi connectivity index (χ1n) is 9.46. The van der Waals surface area contributed by atoms with Gasteiger partial charge in [-0.15, -0.1) is 0 Å². The van der Waals surface area contributed by atoms with Crippen LogP contribution in [0.3, 0.4) is 0 Å². The average Bonchev–Trinajstić information content (AvgIpc) is 2.49. The topological polar surface area (TPSA) is 55.1 Å². The summed E-state index contributed by atoms with van der Waals surface area (Å²) in [6.45, 7) is 4.48. The summed E-state index contributed by atoms with van der Waals surface area (Å²) in [4.78, 5) is 11.1. The highest BCUT2D eigenvalue weighted by atomic mass is 16.2. The van der Waals surface area contributed by atoms with Crippen LogP contribution in [0.25, 0.3) is 0 Å². The Kier molecular flexibility index (Phi) is 15.6. The van der Waals surface area contributed by atoms with E-state index in [4.69, 9.17) is 5.73 Å². The Balaban J connectivity index is 3.80. The fraction of sp³-hybridized carbons (Fsp3) is 0.842. The van der Waals surface area contributed by atoms with Gasteiger partial charge in [-0.1, -0.05) is 84.1 Å². The second-order valence-corrected chi connectivity index (χ2v) is 6.29. The lowest BCUT2D eigenvalue weighted by molar-refractivity contribution is 0.251. The van der Waals surface area contributed by atoms with Gasteiger partial charge in [-0.2, -0.15) is 0 Å². The van der Waals surface area contributed by atoms with Gasteiger partial charge in [0.25, 0.3) is 0 Å². The molecule has 0 atom stereocenters. The van der Waals surface area contributed by atoms with Crippen molar-refractivity contribution in [1.82, 2.24) is 5.32 Å². The van der Waals surface area contributed by atoms with Gasteiger partial charge in [-0.25, -0.2) is 4.79 Å². The maximum Gasteiger partial charge on any atom is 0.316 e. The Morgan fingerprint density at radius 1 is 0.818 bits per heavy atom. The number of carbonyl (C=O) groups is 1. The monoisotopic (exact) mass is 310 g/mol. The molecule has 0 heterocycles. The highest BCUT2D eigenvalue weighted by molar-refractivity contribution is 5.73. The van der Waals surface area contributed by atoms with Crippen LogP contribution in [0.5, 0.6) is 0 Å². The van der Waals surface area contributed by atoms with Crippen LogP contribution >= 0.6 is 0 Å². The molecule has 0 bridgehead atoms. The normalized spacial score (nSPS) is 11.6. The fourth-order valence-corrected chi connectivity index (χ4v) is 2.67. The van der Waals surface area contributed by atoms with E-state index in [0.29, 0.717) is 0 Å². The predicted molar refractivity (Wildman–Crippen MR) is 96.8 cm³/mol. The number of hydrogen-bond donors (Lipinski definition) is 2. The lowest BCUT2D eigenvalue weighted by atomic mass is 10.1. The Bertz CT molecular complexity index is 287. The third-order valence-electron chi connectivity index (χ3n) is 4.03. The maximum absolute atomic E-state index is 11.1. The van der Waals surface area contributed by atoms with E-state index in [9.17, 15) is 4.79 Å².